The van der Waals surface area contributed by atoms with Gasteiger partial charge in [-0.15, -0.1) is 11.3 Å². The number of hydrogen-bond donors (Lipinski definition) is 0. The molecular weight excluding hydrogens is 430 g/mol. The van der Waals surface area contributed by atoms with E-state index in [2.05, 4.69) is 108 Å². The topological polar surface area (TPSA) is 12.9 Å². The first-order valence-corrected chi connectivity index (χ1v) is 13.0. The molecule has 172 valence electrons. The van der Waals surface area contributed by atoms with E-state index in [1.54, 1.807) is 0 Å². The number of nitrogens with zero attached hydrogens (tertiary/aromatic N) is 1. The van der Waals surface area contributed by atoms with Crippen LogP contribution in [0.15, 0.2) is 72.9 Å². The molecule has 3 aromatic carbocycles. The zero-order valence-corrected chi connectivity index (χ0v) is 21.9. The van der Waals surface area contributed by atoms with Gasteiger partial charge >= 0.3 is 0 Å². The molecule has 5 aromatic rings. The third kappa shape index (κ3) is 4.28. The van der Waals surface area contributed by atoms with E-state index in [1.807, 2.05) is 17.5 Å². The van der Waals surface area contributed by atoms with Gasteiger partial charge in [0, 0.05) is 16.6 Å². The molecule has 5 rings (SSSR count). The first-order chi connectivity index (χ1) is 16.2. The predicted octanol–water partition coefficient (Wildman–Crippen LogP) is 9.80. The number of thiophene rings is 1. The SMILES string of the molecule is Cc1c(-c2ccc(CC(C)(C)C)cc2)sc2c(-c3cc(C(C)C)c4ccccc4c3)nccc12. The highest BCUT2D eigenvalue weighted by Crippen LogP contribution is 2.43. The Morgan fingerprint density at radius 3 is 2.29 bits per heavy atom. The van der Waals surface area contributed by atoms with Gasteiger partial charge in [0.1, 0.15) is 0 Å². The van der Waals surface area contributed by atoms with E-state index < -0.39 is 0 Å². The van der Waals surface area contributed by atoms with Crippen molar-refractivity contribution < 1.29 is 0 Å². The molecule has 0 saturated heterocycles. The molecule has 0 radical (unpaired) electrons. The Bertz CT molecular complexity index is 1480. The van der Waals surface area contributed by atoms with Gasteiger partial charge in [0.2, 0.25) is 0 Å². The summed E-state index contributed by atoms with van der Waals surface area (Å²) < 4.78 is 1.28. The lowest BCUT2D eigenvalue weighted by molar-refractivity contribution is 0.411. The minimum Gasteiger partial charge on any atom is -0.255 e. The van der Waals surface area contributed by atoms with Gasteiger partial charge in [-0.1, -0.05) is 83.1 Å². The zero-order chi connectivity index (χ0) is 24.0. The van der Waals surface area contributed by atoms with Crippen LogP contribution in [0.2, 0.25) is 0 Å². The number of aryl methyl sites for hydroxylation is 1. The monoisotopic (exact) mass is 463 g/mol. The smallest absolute Gasteiger partial charge is 0.0880 e. The molecular formula is C32H33NS. The number of fused-ring (bicyclic) bond motifs is 2. The average molecular weight is 464 g/mol. The highest BCUT2D eigenvalue weighted by Gasteiger charge is 2.17. The fourth-order valence-electron chi connectivity index (χ4n) is 4.97. The molecule has 0 atom stereocenters. The molecule has 0 aliphatic heterocycles. The highest BCUT2D eigenvalue weighted by molar-refractivity contribution is 7.23. The number of benzene rings is 3. The van der Waals surface area contributed by atoms with Crippen LogP contribution in [0.25, 0.3) is 42.6 Å². The second-order valence-corrected chi connectivity index (χ2v) is 12.0. The van der Waals surface area contributed by atoms with Crippen LogP contribution in [0.1, 0.15) is 57.2 Å². The van der Waals surface area contributed by atoms with Crippen LogP contribution in [0.3, 0.4) is 0 Å². The van der Waals surface area contributed by atoms with Crippen LogP contribution in [0, 0.1) is 12.3 Å². The normalized spacial score (nSPS) is 12.2. The molecule has 0 spiro atoms. The Morgan fingerprint density at radius 2 is 1.59 bits per heavy atom. The maximum absolute atomic E-state index is 4.90. The average Bonchev–Trinajstić information content (AvgIpc) is 3.14. The second-order valence-electron chi connectivity index (χ2n) is 11.0. The first-order valence-electron chi connectivity index (χ1n) is 12.2. The fourth-order valence-corrected chi connectivity index (χ4v) is 6.29. The van der Waals surface area contributed by atoms with Crippen molar-refractivity contribution >= 4 is 32.2 Å². The fraction of sp³-hybridized carbons (Fsp3) is 0.281. The Hall–Kier alpha value is -2.97. The molecule has 2 heterocycles. The van der Waals surface area contributed by atoms with E-state index in [-0.39, 0.29) is 0 Å². The lowest BCUT2D eigenvalue weighted by atomic mass is 9.88. The Morgan fingerprint density at radius 1 is 0.853 bits per heavy atom. The van der Waals surface area contributed by atoms with Crippen LogP contribution in [-0.2, 0) is 6.42 Å². The Labute approximate surface area is 207 Å². The quantitative estimate of drug-likeness (QED) is 0.258. The van der Waals surface area contributed by atoms with Crippen molar-refractivity contribution in [2.75, 3.05) is 0 Å². The molecule has 0 fully saturated rings. The highest BCUT2D eigenvalue weighted by atomic mass is 32.1. The summed E-state index contributed by atoms with van der Waals surface area (Å²) in [6, 6.07) is 24.7. The standard InChI is InChI=1S/C32H33NS/c1-20(2)28-18-25(17-24-9-7-8-10-27(24)28)29-31-26(15-16-33-29)21(3)30(34-31)23-13-11-22(12-14-23)19-32(4,5)6/h7-18,20H,19H2,1-6H3. The number of pyridine rings is 1. The molecule has 0 bridgehead atoms. The molecule has 0 saturated carbocycles. The molecule has 0 aliphatic carbocycles. The van der Waals surface area contributed by atoms with Gasteiger partial charge in [-0.2, -0.15) is 0 Å². The zero-order valence-electron chi connectivity index (χ0n) is 21.1. The lowest BCUT2D eigenvalue weighted by Gasteiger charge is -2.18. The van der Waals surface area contributed by atoms with Gasteiger partial charge in [0.05, 0.1) is 10.4 Å². The lowest BCUT2D eigenvalue weighted by Crippen LogP contribution is -2.08. The van der Waals surface area contributed by atoms with E-state index in [9.17, 15) is 0 Å². The maximum Gasteiger partial charge on any atom is 0.0880 e. The molecule has 2 heteroatoms. The van der Waals surface area contributed by atoms with Crippen molar-refractivity contribution in [1.82, 2.24) is 4.98 Å². The molecule has 0 N–H and O–H groups in total. The Kier molecular flexibility index (Phi) is 5.81. The predicted molar refractivity (Wildman–Crippen MR) is 150 cm³/mol. The summed E-state index contributed by atoms with van der Waals surface area (Å²) in [6.45, 7) is 13.7. The van der Waals surface area contributed by atoms with Crippen LogP contribution < -0.4 is 0 Å². The van der Waals surface area contributed by atoms with E-state index in [0.717, 1.165) is 12.1 Å². The van der Waals surface area contributed by atoms with Crippen molar-refractivity contribution in [3.8, 4) is 21.7 Å². The van der Waals surface area contributed by atoms with Crippen molar-refractivity contribution in [3.63, 3.8) is 0 Å². The first kappa shape index (κ1) is 22.8. The molecule has 1 nitrogen and oxygen atoms in total. The van der Waals surface area contributed by atoms with E-state index >= 15 is 0 Å². The molecule has 0 aliphatic rings. The van der Waals surface area contributed by atoms with Gasteiger partial charge < -0.3 is 0 Å². The molecule has 34 heavy (non-hydrogen) atoms. The van der Waals surface area contributed by atoms with E-state index in [0.29, 0.717) is 11.3 Å². The van der Waals surface area contributed by atoms with Crippen molar-refractivity contribution in [1.29, 1.82) is 0 Å². The van der Waals surface area contributed by atoms with Crippen LogP contribution >= 0.6 is 11.3 Å². The Balaban J connectivity index is 1.64. The van der Waals surface area contributed by atoms with Gasteiger partial charge in [-0.05, 0) is 81.3 Å². The van der Waals surface area contributed by atoms with Gasteiger partial charge in [-0.25, -0.2) is 0 Å². The summed E-state index contributed by atoms with van der Waals surface area (Å²) in [5, 5.41) is 3.93. The molecule has 2 aromatic heterocycles. The van der Waals surface area contributed by atoms with Crippen LogP contribution in [0.5, 0.6) is 0 Å². The third-order valence-electron chi connectivity index (χ3n) is 6.59. The van der Waals surface area contributed by atoms with Gasteiger partial charge in [-0.3, -0.25) is 4.98 Å². The largest absolute Gasteiger partial charge is 0.255 e. The number of aromatic nitrogens is 1. The minimum atomic E-state index is 0.296. The minimum absolute atomic E-state index is 0.296. The summed E-state index contributed by atoms with van der Waals surface area (Å²) in [4.78, 5) is 6.24. The summed E-state index contributed by atoms with van der Waals surface area (Å²) in [5.41, 5.74) is 8.02. The van der Waals surface area contributed by atoms with Crippen molar-refractivity contribution in [2.45, 2.75) is 53.9 Å². The summed E-state index contributed by atoms with van der Waals surface area (Å²) in [5.74, 6) is 0.455. The third-order valence-corrected chi connectivity index (χ3v) is 7.96. The number of rotatable bonds is 4. The van der Waals surface area contributed by atoms with Gasteiger partial charge in [0.25, 0.3) is 0 Å². The molecule has 0 amide bonds. The summed E-state index contributed by atoms with van der Waals surface area (Å²) in [6.07, 6.45) is 3.06. The summed E-state index contributed by atoms with van der Waals surface area (Å²) in [7, 11) is 0. The van der Waals surface area contributed by atoms with Crippen LogP contribution in [-0.4, -0.2) is 4.98 Å². The van der Waals surface area contributed by atoms with Crippen LogP contribution in [0.4, 0.5) is 0 Å². The summed E-state index contributed by atoms with van der Waals surface area (Å²) >= 11 is 1.87. The van der Waals surface area contributed by atoms with Gasteiger partial charge in [0.15, 0.2) is 0 Å². The molecule has 0 unspecified atom stereocenters. The van der Waals surface area contributed by atoms with Crippen molar-refractivity contribution in [3.05, 3.63) is 89.6 Å². The number of hydrogen-bond acceptors (Lipinski definition) is 2. The maximum atomic E-state index is 4.90. The van der Waals surface area contributed by atoms with E-state index in [4.69, 9.17) is 4.98 Å². The van der Waals surface area contributed by atoms with Crippen molar-refractivity contribution in [2.24, 2.45) is 5.41 Å². The second kappa shape index (κ2) is 8.67. The van der Waals surface area contributed by atoms with E-state index in [1.165, 1.54) is 53.6 Å².